The molecule has 0 aliphatic carbocycles. The third-order valence-corrected chi connectivity index (χ3v) is 3.67. The predicted molar refractivity (Wildman–Crippen MR) is 80.6 cm³/mol. The fraction of sp³-hybridized carbons (Fsp3) is 0.357. The summed E-state index contributed by atoms with van der Waals surface area (Å²) in [6, 6.07) is 5.49. The first-order chi connectivity index (χ1) is 9.51. The number of ether oxygens (including phenoxy) is 1. The summed E-state index contributed by atoms with van der Waals surface area (Å²) in [5.74, 6) is 0. The number of nitrogens with two attached hydrogens (primary N) is 1. The second kappa shape index (κ2) is 5.73. The van der Waals surface area contributed by atoms with Crippen molar-refractivity contribution in [1.29, 1.82) is 0 Å². The monoisotopic (exact) mass is 295 g/mol. The van der Waals surface area contributed by atoms with Crippen LogP contribution in [0.25, 0.3) is 5.69 Å². The molecule has 0 aliphatic heterocycles. The standard InChI is InChI=1S/C14H18ClN3O2/c1-4-17-12(8-20-3)13(16)14(19)18(17)10-6-5-9(2)11(15)7-10/h5-7H,4,8,16H2,1-3H3. The van der Waals surface area contributed by atoms with Gasteiger partial charge in [-0.15, -0.1) is 0 Å². The highest BCUT2D eigenvalue weighted by Gasteiger charge is 2.18. The van der Waals surface area contributed by atoms with Crippen molar-refractivity contribution in [3.05, 3.63) is 44.8 Å². The van der Waals surface area contributed by atoms with Crippen LogP contribution in [0.5, 0.6) is 0 Å². The van der Waals surface area contributed by atoms with Crippen LogP contribution in [0.3, 0.4) is 0 Å². The Bertz CT molecular complexity index is 688. The van der Waals surface area contributed by atoms with E-state index >= 15 is 0 Å². The lowest BCUT2D eigenvalue weighted by Crippen LogP contribution is -2.22. The molecule has 2 rings (SSSR count). The fourth-order valence-electron chi connectivity index (χ4n) is 2.20. The number of benzene rings is 1. The maximum atomic E-state index is 12.4. The molecule has 0 unspecified atom stereocenters. The number of halogens is 1. The maximum absolute atomic E-state index is 12.4. The molecule has 2 N–H and O–H groups in total. The van der Waals surface area contributed by atoms with E-state index in [1.165, 1.54) is 4.68 Å². The molecule has 0 bridgehead atoms. The van der Waals surface area contributed by atoms with Crippen molar-refractivity contribution in [3.63, 3.8) is 0 Å². The molecule has 0 aliphatic rings. The van der Waals surface area contributed by atoms with E-state index in [9.17, 15) is 4.79 Å². The molecule has 0 saturated carbocycles. The summed E-state index contributed by atoms with van der Waals surface area (Å²) >= 11 is 6.14. The number of hydrogen-bond acceptors (Lipinski definition) is 3. The minimum atomic E-state index is -0.251. The molecule has 0 radical (unpaired) electrons. The Morgan fingerprint density at radius 2 is 2.10 bits per heavy atom. The molecule has 1 aromatic carbocycles. The smallest absolute Gasteiger partial charge is 0.294 e. The van der Waals surface area contributed by atoms with E-state index in [0.29, 0.717) is 29.6 Å². The molecule has 0 atom stereocenters. The van der Waals surface area contributed by atoms with Crippen LogP contribution in [0.15, 0.2) is 23.0 Å². The van der Waals surface area contributed by atoms with Gasteiger partial charge in [0.1, 0.15) is 5.69 Å². The quantitative estimate of drug-likeness (QED) is 0.942. The molecule has 6 heteroatoms. The zero-order valence-corrected chi connectivity index (χ0v) is 12.6. The van der Waals surface area contributed by atoms with E-state index in [2.05, 4.69) is 0 Å². The Hall–Kier alpha value is -1.72. The van der Waals surface area contributed by atoms with E-state index in [1.54, 1.807) is 13.2 Å². The Labute approximate surface area is 122 Å². The van der Waals surface area contributed by atoms with Crippen LogP contribution in [-0.2, 0) is 17.9 Å². The lowest BCUT2D eigenvalue weighted by Gasteiger charge is -2.13. The number of rotatable bonds is 4. The van der Waals surface area contributed by atoms with Gasteiger partial charge in [0.05, 0.1) is 18.0 Å². The number of nitrogen functional groups attached to an aromatic ring is 1. The number of aryl methyl sites for hydroxylation is 1. The molecule has 1 heterocycles. The predicted octanol–water partition coefficient (Wildman–Crippen LogP) is 2.35. The van der Waals surface area contributed by atoms with E-state index in [-0.39, 0.29) is 11.2 Å². The molecule has 5 nitrogen and oxygen atoms in total. The Balaban J connectivity index is 2.70. The number of anilines is 1. The highest BCUT2D eigenvalue weighted by Crippen LogP contribution is 2.20. The van der Waals surface area contributed by atoms with Gasteiger partial charge in [0, 0.05) is 18.7 Å². The summed E-state index contributed by atoms with van der Waals surface area (Å²) in [6.45, 7) is 4.76. The molecular weight excluding hydrogens is 278 g/mol. The molecular formula is C14H18ClN3O2. The topological polar surface area (TPSA) is 62.2 Å². The van der Waals surface area contributed by atoms with Crippen LogP contribution in [0, 0.1) is 6.92 Å². The molecule has 1 aromatic heterocycles. The number of aromatic nitrogens is 2. The Kier molecular flexibility index (Phi) is 4.20. The highest BCUT2D eigenvalue weighted by molar-refractivity contribution is 6.31. The van der Waals surface area contributed by atoms with Gasteiger partial charge in [-0.25, -0.2) is 4.68 Å². The van der Waals surface area contributed by atoms with Gasteiger partial charge in [0.15, 0.2) is 0 Å². The minimum absolute atomic E-state index is 0.213. The van der Waals surface area contributed by atoms with E-state index in [0.717, 1.165) is 5.56 Å². The first kappa shape index (κ1) is 14.7. The third kappa shape index (κ3) is 2.34. The molecule has 0 fully saturated rings. The van der Waals surface area contributed by atoms with Gasteiger partial charge < -0.3 is 10.5 Å². The van der Waals surface area contributed by atoms with E-state index in [4.69, 9.17) is 22.1 Å². The molecule has 108 valence electrons. The zero-order chi connectivity index (χ0) is 14.9. The van der Waals surface area contributed by atoms with Crippen molar-refractivity contribution >= 4 is 17.3 Å². The fourth-order valence-corrected chi connectivity index (χ4v) is 2.37. The molecule has 0 saturated heterocycles. The SMILES string of the molecule is CCn1c(COC)c(N)c(=O)n1-c1ccc(C)c(Cl)c1. The maximum Gasteiger partial charge on any atom is 0.294 e. The Morgan fingerprint density at radius 3 is 2.65 bits per heavy atom. The minimum Gasteiger partial charge on any atom is -0.393 e. The van der Waals surface area contributed by atoms with Crippen LogP contribution in [0.1, 0.15) is 18.2 Å². The summed E-state index contributed by atoms with van der Waals surface area (Å²) in [4.78, 5) is 12.4. The number of methoxy groups -OCH3 is 1. The normalized spacial score (nSPS) is 11.0. The average Bonchev–Trinajstić information content (AvgIpc) is 2.67. The van der Waals surface area contributed by atoms with Crippen LogP contribution in [0.2, 0.25) is 5.02 Å². The first-order valence-electron chi connectivity index (χ1n) is 6.36. The van der Waals surface area contributed by atoms with Crippen molar-refractivity contribution in [2.45, 2.75) is 27.0 Å². The molecule has 0 spiro atoms. The van der Waals surface area contributed by atoms with Crippen LogP contribution >= 0.6 is 11.6 Å². The van der Waals surface area contributed by atoms with Crippen molar-refractivity contribution in [1.82, 2.24) is 9.36 Å². The van der Waals surface area contributed by atoms with Crippen LogP contribution < -0.4 is 11.3 Å². The van der Waals surface area contributed by atoms with Crippen molar-refractivity contribution in [3.8, 4) is 5.69 Å². The van der Waals surface area contributed by atoms with Gasteiger partial charge in [-0.05, 0) is 31.5 Å². The number of nitrogens with zero attached hydrogens (tertiary/aromatic N) is 2. The van der Waals surface area contributed by atoms with Gasteiger partial charge in [-0.1, -0.05) is 17.7 Å². The third-order valence-electron chi connectivity index (χ3n) is 3.27. The summed E-state index contributed by atoms with van der Waals surface area (Å²) in [7, 11) is 1.57. The van der Waals surface area contributed by atoms with Crippen molar-refractivity contribution < 1.29 is 4.74 Å². The first-order valence-corrected chi connectivity index (χ1v) is 6.74. The molecule has 20 heavy (non-hydrogen) atoms. The second-order valence-electron chi connectivity index (χ2n) is 4.56. The summed E-state index contributed by atoms with van der Waals surface area (Å²) < 4.78 is 8.46. The van der Waals surface area contributed by atoms with Gasteiger partial charge in [-0.2, -0.15) is 0 Å². The summed E-state index contributed by atoms with van der Waals surface area (Å²) in [5.41, 5.74) is 8.20. The van der Waals surface area contributed by atoms with E-state index in [1.807, 2.05) is 30.7 Å². The lowest BCUT2D eigenvalue weighted by molar-refractivity contribution is 0.176. The van der Waals surface area contributed by atoms with Gasteiger partial charge >= 0.3 is 0 Å². The highest BCUT2D eigenvalue weighted by atomic mass is 35.5. The summed E-state index contributed by atoms with van der Waals surface area (Å²) in [5, 5.41) is 0.616. The van der Waals surface area contributed by atoms with Crippen LogP contribution in [-0.4, -0.2) is 16.5 Å². The second-order valence-corrected chi connectivity index (χ2v) is 4.97. The van der Waals surface area contributed by atoms with Crippen LogP contribution in [0.4, 0.5) is 5.69 Å². The van der Waals surface area contributed by atoms with Gasteiger partial charge in [0.25, 0.3) is 5.56 Å². The zero-order valence-electron chi connectivity index (χ0n) is 11.8. The van der Waals surface area contributed by atoms with Gasteiger partial charge in [0.2, 0.25) is 0 Å². The van der Waals surface area contributed by atoms with E-state index < -0.39 is 0 Å². The molecule has 2 aromatic rings. The average molecular weight is 296 g/mol. The van der Waals surface area contributed by atoms with Crippen molar-refractivity contribution in [2.75, 3.05) is 12.8 Å². The number of hydrogen-bond donors (Lipinski definition) is 1. The lowest BCUT2D eigenvalue weighted by atomic mass is 10.2. The summed E-state index contributed by atoms with van der Waals surface area (Å²) in [6.07, 6.45) is 0. The Morgan fingerprint density at radius 1 is 1.40 bits per heavy atom. The van der Waals surface area contributed by atoms with Gasteiger partial charge in [-0.3, -0.25) is 9.48 Å². The molecule has 0 amide bonds. The van der Waals surface area contributed by atoms with Crippen molar-refractivity contribution in [2.24, 2.45) is 0 Å². The largest absolute Gasteiger partial charge is 0.393 e.